The van der Waals surface area contributed by atoms with Crippen molar-refractivity contribution < 1.29 is 0 Å². The summed E-state index contributed by atoms with van der Waals surface area (Å²) in [5.41, 5.74) is 1.16. The molecule has 1 aliphatic rings. The van der Waals surface area contributed by atoms with Crippen LogP contribution in [0.1, 0.15) is 34.8 Å². The van der Waals surface area contributed by atoms with Gasteiger partial charge >= 0.3 is 0 Å². The highest BCUT2D eigenvalue weighted by molar-refractivity contribution is 7.11. The van der Waals surface area contributed by atoms with Crippen molar-refractivity contribution in [1.82, 2.24) is 15.6 Å². The molecular weight excluding hydrogens is 256 g/mol. The highest BCUT2D eigenvalue weighted by Crippen LogP contribution is 2.25. The number of guanidine groups is 1. The average Bonchev–Trinajstić information content (AvgIpc) is 2.64. The molecule has 0 spiro atoms. The summed E-state index contributed by atoms with van der Waals surface area (Å²) in [7, 11) is 1.83. The lowest BCUT2D eigenvalue weighted by atomic mass is 9.85. The zero-order valence-corrected chi connectivity index (χ0v) is 12.9. The van der Waals surface area contributed by atoms with Crippen molar-refractivity contribution >= 4 is 17.3 Å². The lowest BCUT2D eigenvalue weighted by molar-refractivity contribution is 0.314. The van der Waals surface area contributed by atoms with Crippen molar-refractivity contribution in [2.45, 2.75) is 39.5 Å². The van der Waals surface area contributed by atoms with E-state index in [4.69, 9.17) is 0 Å². The Morgan fingerprint density at radius 3 is 2.68 bits per heavy atom. The fraction of sp³-hybridized carbons (Fsp3) is 0.714. The number of hydrogen-bond acceptors (Lipinski definition) is 3. The van der Waals surface area contributed by atoms with Gasteiger partial charge in [0.25, 0.3) is 0 Å². The van der Waals surface area contributed by atoms with Gasteiger partial charge in [0.1, 0.15) is 0 Å². The van der Waals surface area contributed by atoms with E-state index in [1.165, 1.54) is 29.1 Å². The minimum absolute atomic E-state index is 0.850. The molecule has 1 saturated carbocycles. The van der Waals surface area contributed by atoms with Crippen molar-refractivity contribution in [2.24, 2.45) is 10.9 Å². The van der Waals surface area contributed by atoms with Gasteiger partial charge in [0.15, 0.2) is 5.96 Å². The van der Waals surface area contributed by atoms with Crippen molar-refractivity contribution in [3.63, 3.8) is 0 Å². The molecule has 0 aromatic carbocycles. The number of aryl methyl sites for hydroxylation is 2. The number of nitrogens with one attached hydrogen (secondary N) is 2. The van der Waals surface area contributed by atoms with Gasteiger partial charge < -0.3 is 10.6 Å². The Morgan fingerprint density at radius 2 is 2.16 bits per heavy atom. The van der Waals surface area contributed by atoms with Gasteiger partial charge in [-0.25, -0.2) is 4.98 Å². The fourth-order valence-electron chi connectivity index (χ4n) is 2.09. The smallest absolute Gasteiger partial charge is 0.190 e. The molecule has 0 unspecified atom stereocenters. The van der Waals surface area contributed by atoms with Crippen molar-refractivity contribution in [2.75, 3.05) is 20.1 Å². The Morgan fingerprint density at radius 1 is 1.37 bits per heavy atom. The molecule has 0 aliphatic heterocycles. The summed E-state index contributed by atoms with van der Waals surface area (Å²) < 4.78 is 0. The number of thiazole rings is 1. The largest absolute Gasteiger partial charge is 0.356 e. The van der Waals surface area contributed by atoms with E-state index in [0.29, 0.717) is 0 Å². The molecule has 1 heterocycles. The molecule has 1 aromatic rings. The van der Waals surface area contributed by atoms with Crippen LogP contribution in [-0.2, 0) is 6.42 Å². The summed E-state index contributed by atoms with van der Waals surface area (Å²) in [5.74, 6) is 1.76. The predicted molar refractivity (Wildman–Crippen MR) is 82.0 cm³/mol. The maximum atomic E-state index is 4.55. The van der Waals surface area contributed by atoms with Crippen molar-refractivity contribution in [3.8, 4) is 0 Å². The van der Waals surface area contributed by atoms with Crippen LogP contribution in [0.3, 0.4) is 0 Å². The van der Waals surface area contributed by atoms with Gasteiger partial charge in [-0.2, -0.15) is 0 Å². The summed E-state index contributed by atoms with van der Waals surface area (Å²) in [4.78, 5) is 10.1. The molecule has 0 amide bonds. The van der Waals surface area contributed by atoms with Crippen LogP contribution < -0.4 is 10.6 Å². The Balaban J connectivity index is 1.67. The van der Waals surface area contributed by atoms with Crippen LogP contribution in [0.15, 0.2) is 4.99 Å². The van der Waals surface area contributed by atoms with Gasteiger partial charge in [-0.15, -0.1) is 11.3 Å². The van der Waals surface area contributed by atoms with Crippen LogP contribution >= 0.6 is 11.3 Å². The Labute approximate surface area is 119 Å². The topological polar surface area (TPSA) is 49.3 Å². The Bertz CT molecular complexity index is 415. The van der Waals surface area contributed by atoms with Crippen LogP contribution in [-0.4, -0.2) is 31.1 Å². The average molecular weight is 280 g/mol. The molecule has 1 fully saturated rings. The molecule has 4 nitrogen and oxygen atoms in total. The fourth-order valence-corrected chi connectivity index (χ4v) is 3.03. The molecule has 0 atom stereocenters. The van der Waals surface area contributed by atoms with Crippen LogP contribution in [0.25, 0.3) is 0 Å². The summed E-state index contributed by atoms with van der Waals surface area (Å²) in [6.07, 6.45) is 5.08. The zero-order valence-electron chi connectivity index (χ0n) is 12.1. The maximum Gasteiger partial charge on any atom is 0.190 e. The Kier molecular flexibility index (Phi) is 5.19. The molecule has 0 bridgehead atoms. The van der Waals surface area contributed by atoms with Gasteiger partial charge in [0.05, 0.1) is 10.7 Å². The first-order valence-corrected chi connectivity index (χ1v) is 7.88. The number of aliphatic imine (C=N–C) groups is 1. The van der Waals surface area contributed by atoms with E-state index in [0.717, 1.165) is 37.1 Å². The van der Waals surface area contributed by atoms with Crippen LogP contribution in [0.5, 0.6) is 0 Å². The summed E-state index contributed by atoms with van der Waals surface area (Å²) in [5, 5.41) is 7.96. The van der Waals surface area contributed by atoms with Crippen LogP contribution in [0, 0.1) is 19.8 Å². The summed E-state index contributed by atoms with van der Waals surface area (Å²) in [6.45, 7) is 6.14. The number of aromatic nitrogens is 1. The first-order valence-electron chi connectivity index (χ1n) is 7.06. The molecule has 106 valence electrons. The van der Waals surface area contributed by atoms with E-state index < -0.39 is 0 Å². The molecule has 0 saturated heterocycles. The molecule has 0 radical (unpaired) electrons. The number of nitrogens with zero attached hydrogens (tertiary/aromatic N) is 2. The molecule has 19 heavy (non-hydrogen) atoms. The van der Waals surface area contributed by atoms with Gasteiger partial charge in [0, 0.05) is 31.4 Å². The van der Waals surface area contributed by atoms with Crippen LogP contribution in [0.2, 0.25) is 0 Å². The Hall–Kier alpha value is -1.10. The maximum absolute atomic E-state index is 4.55. The first-order chi connectivity index (χ1) is 9.19. The van der Waals surface area contributed by atoms with E-state index in [1.807, 2.05) is 7.05 Å². The normalized spacial score (nSPS) is 16.3. The highest BCUT2D eigenvalue weighted by Gasteiger charge is 2.17. The van der Waals surface area contributed by atoms with E-state index in [1.54, 1.807) is 11.3 Å². The molecular formula is C14H24N4S. The third-order valence-electron chi connectivity index (χ3n) is 3.71. The second-order valence-corrected chi connectivity index (χ2v) is 6.46. The second-order valence-electron chi connectivity index (χ2n) is 5.18. The van der Waals surface area contributed by atoms with Gasteiger partial charge in [-0.3, -0.25) is 4.99 Å². The second kappa shape index (κ2) is 6.89. The molecule has 2 N–H and O–H groups in total. The molecule has 2 rings (SSSR count). The number of rotatable bonds is 5. The van der Waals surface area contributed by atoms with Gasteiger partial charge in [-0.05, 0) is 32.6 Å². The molecule has 5 heteroatoms. The lowest BCUT2D eigenvalue weighted by Gasteiger charge is -2.26. The third-order valence-corrected chi connectivity index (χ3v) is 4.84. The van der Waals surface area contributed by atoms with E-state index in [2.05, 4.69) is 34.5 Å². The minimum atomic E-state index is 0.850. The quantitative estimate of drug-likeness (QED) is 0.642. The third kappa shape index (κ3) is 4.20. The SMILES string of the molecule is CN=C(NCCc1nc(C)c(C)s1)NCC1CCC1. The number of hydrogen-bond donors (Lipinski definition) is 2. The van der Waals surface area contributed by atoms with E-state index in [9.17, 15) is 0 Å². The first kappa shape index (κ1) is 14.3. The summed E-state index contributed by atoms with van der Waals surface area (Å²) in [6, 6.07) is 0. The zero-order chi connectivity index (χ0) is 13.7. The minimum Gasteiger partial charge on any atom is -0.356 e. The van der Waals surface area contributed by atoms with Crippen molar-refractivity contribution in [1.29, 1.82) is 0 Å². The molecule has 1 aromatic heterocycles. The highest BCUT2D eigenvalue weighted by atomic mass is 32.1. The standard InChI is InChI=1S/C14H24N4S/c1-10-11(2)19-13(18-10)7-8-16-14(15-3)17-9-12-5-4-6-12/h12H,4-9H2,1-3H3,(H2,15,16,17). The predicted octanol–water partition coefficient (Wildman–Crippen LogP) is 2.27. The van der Waals surface area contributed by atoms with E-state index in [-0.39, 0.29) is 0 Å². The van der Waals surface area contributed by atoms with Crippen molar-refractivity contribution in [3.05, 3.63) is 15.6 Å². The van der Waals surface area contributed by atoms with E-state index >= 15 is 0 Å². The van der Waals surface area contributed by atoms with Gasteiger partial charge in [-0.1, -0.05) is 6.42 Å². The van der Waals surface area contributed by atoms with Gasteiger partial charge in [0.2, 0.25) is 0 Å². The summed E-state index contributed by atoms with van der Waals surface area (Å²) >= 11 is 1.79. The molecule has 1 aliphatic carbocycles. The monoisotopic (exact) mass is 280 g/mol. The lowest BCUT2D eigenvalue weighted by Crippen LogP contribution is -2.41. The van der Waals surface area contributed by atoms with Crippen LogP contribution in [0.4, 0.5) is 0 Å².